The number of nitrogens with zero attached hydrogens (tertiary/aromatic N) is 1. The summed E-state index contributed by atoms with van der Waals surface area (Å²) in [5.74, 6) is 8.04. The maximum atomic E-state index is 5.34. The largest absolute Gasteiger partial charge is 0.308 e. The van der Waals surface area contributed by atoms with Gasteiger partial charge in [-0.15, -0.1) is 0 Å². The molecule has 0 saturated heterocycles. The normalized spacial score (nSPS) is 10.3. The van der Waals surface area contributed by atoms with E-state index in [4.69, 9.17) is 5.84 Å². The third-order valence-corrected chi connectivity index (χ3v) is 3.81. The minimum Gasteiger partial charge on any atom is -0.308 e. The van der Waals surface area contributed by atoms with Crippen molar-refractivity contribution in [2.75, 3.05) is 5.43 Å². The first-order chi connectivity index (χ1) is 8.79. The van der Waals surface area contributed by atoms with Gasteiger partial charge >= 0.3 is 0 Å². The lowest BCUT2D eigenvalue weighted by atomic mass is 10.1. The van der Waals surface area contributed by atoms with E-state index in [2.05, 4.69) is 41.6 Å². The summed E-state index contributed by atoms with van der Waals surface area (Å²) in [6, 6.07) is 12.5. The molecule has 0 aliphatic carbocycles. The number of nitrogens with two attached hydrogens (primary N) is 1. The monoisotopic (exact) mass is 259 g/mol. The quantitative estimate of drug-likeness (QED) is 0.640. The molecule has 0 spiro atoms. The zero-order valence-corrected chi connectivity index (χ0v) is 11.2. The van der Waals surface area contributed by atoms with E-state index in [1.807, 2.05) is 23.9 Å². The molecule has 0 atom stereocenters. The molecule has 94 valence electrons. The standard InChI is InChI=1S/C14H17N3S/c1-11-4-2-3-5-13(11)10-18-9-12-6-7-16-14(8-12)17-15/h2-8H,9-10,15H2,1H3,(H,16,17). The highest BCUT2D eigenvalue weighted by Gasteiger charge is 1.99. The molecule has 2 aromatic rings. The van der Waals surface area contributed by atoms with Crippen molar-refractivity contribution >= 4 is 17.6 Å². The summed E-state index contributed by atoms with van der Waals surface area (Å²) < 4.78 is 0. The molecule has 18 heavy (non-hydrogen) atoms. The number of nitrogens with one attached hydrogen (secondary N) is 1. The SMILES string of the molecule is Cc1ccccc1CSCc1ccnc(NN)c1. The van der Waals surface area contributed by atoms with E-state index in [1.54, 1.807) is 6.20 Å². The Morgan fingerprint density at radius 3 is 2.83 bits per heavy atom. The van der Waals surface area contributed by atoms with Crippen LogP contribution in [0.25, 0.3) is 0 Å². The summed E-state index contributed by atoms with van der Waals surface area (Å²) in [5, 5.41) is 0. The molecule has 3 N–H and O–H groups in total. The molecule has 0 radical (unpaired) electrons. The van der Waals surface area contributed by atoms with Crippen molar-refractivity contribution in [2.45, 2.75) is 18.4 Å². The van der Waals surface area contributed by atoms with Gasteiger partial charge in [0.25, 0.3) is 0 Å². The first-order valence-corrected chi connectivity index (χ1v) is 6.99. The summed E-state index contributed by atoms with van der Waals surface area (Å²) in [5.41, 5.74) is 6.55. The number of aryl methyl sites for hydroxylation is 1. The van der Waals surface area contributed by atoms with E-state index < -0.39 is 0 Å². The van der Waals surface area contributed by atoms with Crippen molar-refractivity contribution in [2.24, 2.45) is 5.84 Å². The van der Waals surface area contributed by atoms with Crippen molar-refractivity contribution in [3.05, 3.63) is 59.3 Å². The average Bonchev–Trinajstić information content (AvgIpc) is 2.41. The van der Waals surface area contributed by atoms with Crippen LogP contribution in [-0.4, -0.2) is 4.98 Å². The molecule has 1 aromatic carbocycles. The van der Waals surface area contributed by atoms with Crippen LogP contribution in [0.5, 0.6) is 0 Å². The Balaban J connectivity index is 1.90. The highest BCUT2D eigenvalue weighted by atomic mass is 32.2. The molecule has 2 rings (SSSR count). The fraction of sp³-hybridized carbons (Fsp3) is 0.214. The Morgan fingerprint density at radius 1 is 1.22 bits per heavy atom. The third kappa shape index (κ3) is 3.48. The van der Waals surface area contributed by atoms with E-state index in [-0.39, 0.29) is 0 Å². The summed E-state index contributed by atoms with van der Waals surface area (Å²) in [6.07, 6.45) is 1.78. The third-order valence-electron chi connectivity index (χ3n) is 2.76. The van der Waals surface area contributed by atoms with Gasteiger partial charge in [-0.2, -0.15) is 11.8 Å². The molecule has 3 nitrogen and oxygen atoms in total. The van der Waals surface area contributed by atoms with Gasteiger partial charge in [-0.1, -0.05) is 24.3 Å². The van der Waals surface area contributed by atoms with Crippen molar-refractivity contribution in [1.29, 1.82) is 0 Å². The van der Waals surface area contributed by atoms with Crippen LogP contribution < -0.4 is 11.3 Å². The van der Waals surface area contributed by atoms with Crippen LogP contribution in [0.2, 0.25) is 0 Å². The molecule has 0 amide bonds. The van der Waals surface area contributed by atoms with Crippen LogP contribution in [0.4, 0.5) is 5.82 Å². The van der Waals surface area contributed by atoms with E-state index in [0.717, 1.165) is 11.5 Å². The van der Waals surface area contributed by atoms with Gasteiger partial charge in [0.1, 0.15) is 5.82 Å². The van der Waals surface area contributed by atoms with Crippen molar-refractivity contribution in [1.82, 2.24) is 4.98 Å². The van der Waals surface area contributed by atoms with Gasteiger partial charge in [0.15, 0.2) is 0 Å². The van der Waals surface area contributed by atoms with Crippen molar-refractivity contribution in [3.63, 3.8) is 0 Å². The molecular weight excluding hydrogens is 242 g/mol. The average molecular weight is 259 g/mol. The lowest BCUT2D eigenvalue weighted by Gasteiger charge is -2.06. The summed E-state index contributed by atoms with van der Waals surface area (Å²) in [6.45, 7) is 2.15. The highest BCUT2D eigenvalue weighted by Crippen LogP contribution is 2.20. The number of hydrogen-bond acceptors (Lipinski definition) is 4. The Hall–Kier alpha value is -1.52. The number of anilines is 1. The summed E-state index contributed by atoms with van der Waals surface area (Å²) >= 11 is 1.90. The second kappa shape index (κ2) is 6.42. The van der Waals surface area contributed by atoms with Crippen LogP contribution in [0.1, 0.15) is 16.7 Å². The molecule has 0 saturated carbocycles. The molecule has 4 heteroatoms. The minimum absolute atomic E-state index is 0.712. The summed E-state index contributed by atoms with van der Waals surface area (Å²) in [7, 11) is 0. The lowest BCUT2D eigenvalue weighted by Crippen LogP contribution is -2.08. The van der Waals surface area contributed by atoms with Crippen LogP contribution in [0.3, 0.4) is 0 Å². The van der Waals surface area contributed by atoms with E-state index >= 15 is 0 Å². The van der Waals surface area contributed by atoms with Gasteiger partial charge in [0.05, 0.1) is 0 Å². The molecule has 1 aromatic heterocycles. The van der Waals surface area contributed by atoms with E-state index in [0.29, 0.717) is 5.82 Å². The Kier molecular flexibility index (Phi) is 4.61. The second-order valence-electron chi connectivity index (χ2n) is 4.11. The Morgan fingerprint density at radius 2 is 2.06 bits per heavy atom. The first kappa shape index (κ1) is 12.9. The summed E-state index contributed by atoms with van der Waals surface area (Å²) in [4.78, 5) is 4.09. The topological polar surface area (TPSA) is 50.9 Å². The fourth-order valence-electron chi connectivity index (χ4n) is 1.69. The van der Waals surface area contributed by atoms with Gasteiger partial charge in [-0.25, -0.2) is 10.8 Å². The molecule has 0 unspecified atom stereocenters. The van der Waals surface area contributed by atoms with Gasteiger partial charge < -0.3 is 5.43 Å². The van der Waals surface area contributed by atoms with Crippen LogP contribution >= 0.6 is 11.8 Å². The highest BCUT2D eigenvalue weighted by molar-refractivity contribution is 7.97. The minimum atomic E-state index is 0.712. The molecule has 0 bridgehead atoms. The number of aromatic nitrogens is 1. The van der Waals surface area contributed by atoms with E-state index in [9.17, 15) is 0 Å². The maximum Gasteiger partial charge on any atom is 0.140 e. The van der Waals surface area contributed by atoms with E-state index in [1.165, 1.54) is 16.7 Å². The number of benzene rings is 1. The molecule has 1 heterocycles. The van der Waals surface area contributed by atoms with Crippen molar-refractivity contribution < 1.29 is 0 Å². The fourth-order valence-corrected chi connectivity index (χ4v) is 2.76. The number of nitrogen functional groups attached to an aromatic ring is 1. The predicted octanol–water partition coefficient (Wildman–Crippen LogP) is 3.11. The van der Waals surface area contributed by atoms with Gasteiger partial charge in [-0.3, -0.25) is 0 Å². The number of rotatable bonds is 5. The zero-order valence-electron chi connectivity index (χ0n) is 10.4. The Bertz CT molecular complexity index is 514. The predicted molar refractivity (Wildman–Crippen MR) is 78.2 cm³/mol. The maximum absolute atomic E-state index is 5.34. The number of thioether (sulfide) groups is 1. The number of pyridine rings is 1. The molecule has 0 aliphatic rings. The molecular formula is C14H17N3S. The number of hydrazine groups is 1. The zero-order chi connectivity index (χ0) is 12.8. The lowest BCUT2D eigenvalue weighted by molar-refractivity contribution is 1.20. The first-order valence-electron chi connectivity index (χ1n) is 5.83. The van der Waals surface area contributed by atoms with Crippen LogP contribution in [0, 0.1) is 6.92 Å². The van der Waals surface area contributed by atoms with Gasteiger partial charge in [0.2, 0.25) is 0 Å². The second-order valence-corrected chi connectivity index (χ2v) is 5.10. The van der Waals surface area contributed by atoms with Gasteiger partial charge in [0, 0.05) is 17.7 Å². The number of hydrogen-bond donors (Lipinski definition) is 2. The van der Waals surface area contributed by atoms with Crippen molar-refractivity contribution in [3.8, 4) is 0 Å². The molecule has 0 aliphatic heterocycles. The smallest absolute Gasteiger partial charge is 0.140 e. The molecule has 0 fully saturated rings. The Labute approximate surface area is 112 Å². The van der Waals surface area contributed by atoms with Crippen LogP contribution in [0.15, 0.2) is 42.6 Å². The van der Waals surface area contributed by atoms with Gasteiger partial charge in [-0.05, 0) is 35.7 Å². The van der Waals surface area contributed by atoms with Crippen LogP contribution in [-0.2, 0) is 11.5 Å².